The van der Waals surface area contributed by atoms with Gasteiger partial charge in [-0.25, -0.2) is 0 Å². The van der Waals surface area contributed by atoms with E-state index in [1.807, 2.05) is 43.3 Å². The largest absolute Gasteiger partial charge is 0.350 e. The lowest BCUT2D eigenvalue weighted by atomic mass is 10.1. The van der Waals surface area contributed by atoms with Crippen molar-refractivity contribution in [1.29, 1.82) is 0 Å². The first-order valence-electron chi connectivity index (χ1n) is 6.64. The summed E-state index contributed by atoms with van der Waals surface area (Å²) in [5.74, 6) is -0.00412. The van der Waals surface area contributed by atoms with Crippen LogP contribution in [0.2, 0.25) is 0 Å². The van der Waals surface area contributed by atoms with E-state index in [1.165, 1.54) is 0 Å². The van der Waals surface area contributed by atoms with Crippen molar-refractivity contribution >= 4 is 5.91 Å². The molecule has 4 nitrogen and oxygen atoms in total. The fourth-order valence-corrected chi connectivity index (χ4v) is 1.93. The lowest BCUT2D eigenvalue weighted by Crippen LogP contribution is -2.25. The van der Waals surface area contributed by atoms with Crippen LogP contribution in [0.3, 0.4) is 0 Å². The molecular weight excluding hydrogens is 250 g/mol. The number of nitrogens with zero attached hydrogens (tertiary/aromatic N) is 1. The van der Waals surface area contributed by atoms with E-state index in [-0.39, 0.29) is 5.91 Å². The molecule has 0 atom stereocenters. The minimum Gasteiger partial charge on any atom is -0.350 e. The van der Waals surface area contributed by atoms with Gasteiger partial charge in [-0.3, -0.25) is 9.78 Å². The van der Waals surface area contributed by atoms with Crippen LogP contribution in [0.4, 0.5) is 0 Å². The van der Waals surface area contributed by atoms with Gasteiger partial charge < -0.3 is 11.1 Å². The van der Waals surface area contributed by atoms with Crippen LogP contribution in [0.1, 0.15) is 22.4 Å². The van der Waals surface area contributed by atoms with Crippen LogP contribution in [0.15, 0.2) is 42.6 Å². The quantitative estimate of drug-likeness (QED) is 0.868. The molecule has 0 bridgehead atoms. The smallest absolute Gasteiger partial charge is 0.224 e. The highest BCUT2D eigenvalue weighted by molar-refractivity contribution is 5.78. The van der Waals surface area contributed by atoms with E-state index in [4.69, 9.17) is 5.73 Å². The van der Waals surface area contributed by atoms with E-state index in [2.05, 4.69) is 10.3 Å². The Morgan fingerprint density at radius 3 is 2.55 bits per heavy atom. The number of pyridine rings is 1. The zero-order valence-electron chi connectivity index (χ0n) is 11.6. The van der Waals surface area contributed by atoms with Gasteiger partial charge in [-0.05, 0) is 29.7 Å². The van der Waals surface area contributed by atoms with Crippen molar-refractivity contribution in [2.75, 3.05) is 0 Å². The summed E-state index contributed by atoms with van der Waals surface area (Å²) in [6, 6.07) is 11.7. The van der Waals surface area contributed by atoms with E-state index < -0.39 is 0 Å². The number of hydrogen-bond donors (Lipinski definition) is 2. The molecule has 0 aliphatic carbocycles. The van der Waals surface area contributed by atoms with Crippen LogP contribution in [0.25, 0.3) is 0 Å². The molecule has 0 aliphatic rings. The number of amides is 1. The molecule has 1 aromatic heterocycles. The normalized spacial score (nSPS) is 10.3. The fraction of sp³-hybridized carbons (Fsp3) is 0.250. The fourth-order valence-electron chi connectivity index (χ4n) is 1.93. The second kappa shape index (κ2) is 6.82. The summed E-state index contributed by atoms with van der Waals surface area (Å²) in [6.07, 6.45) is 2.11. The number of aryl methyl sites for hydroxylation is 1. The van der Waals surface area contributed by atoms with Crippen LogP contribution >= 0.6 is 0 Å². The molecule has 1 aromatic carbocycles. The summed E-state index contributed by atoms with van der Waals surface area (Å²) in [4.78, 5) is 16.1. The molecular formula is C16H19N3O. The molecule has 0 radical (unpaired) electrons. The number of carbonyl (C=O) groups is 1. The van der Waals surface area contributed by atoms with Gasteiger partial charge in [-0.15, -0.1) is 0 Å². The third kappa shape index (κ3) is 3.90. The van der Waals surface area contributed by atoms with Gasteiger partial charge in [-0.1, -0.05) is 30.3 Å². The van der Waals surface area contributed by atoms with Crippen LogP contribution in [0.5, 0.6) is 0 Å². The zero-order chi connectivity index (χ0) is 14.4. The topological polar surface area (TPSA) is 68.0 Å². The van der Waals surface area contributed by atoms with Gasteiger partial charge in [0.1, 0.15) is 0 Å². The van der Waals surface area contributed by atoms with Gasteiger partial charge in [0.05, 0.1) is 18.7 Å². The average molecular weight is 269 g/mol. The predicted octanol–water partition coefficient (Wildman–Crippen LogP) is 1.71. The van der Waals surface area contributed by atoms with E-state index in [9.17, 15) is 4.79 Å². The van der Waals surface area contributed by atoms with Crippen molar-refractivity contribution in [1.82, 2.24) is 10.3 Å². The second-order valence-electron chi connectivity index (χ2n) is 4.74. The predicted molar refractivity (Wildman–Crippen MR) is 78.9 cm³/mol. The van der Waals surface area contributed by atoms with Crippen molar-refractivity contribution in [3.05, 3.63) is 65.0 Å². The number of carbonyl (C=O) groups excluding carboxylic acids is 1. The van der Waals surface area contributed by atoms with E-state index in [1.54, 1.807) is 6.20 Å². The van der Waals surface area contributed by atoms with E-state index in [0.717, 1.165) is 22.4 Å². The maximum atomic E-state index is 11.9. The Kier molecular flexibility index (Phi) is 4.85. The molecule has 1 heterocycles. The van der Waals surface area contributed by atoms with Crippen LogP contribution in [-0.2, 0) is 24.3 Å². The zero-order valence-corrected chi connectivity index (χ0v) is 11.6. The SMILES string of the molecule is Cc1cccnc1CNC(=O)Cc1ccc(CN)cc1. The minimum atomic E-state index is -0.00412. The van der Waals surface area contributed by atoms with Crippen molar-refractivity contribution in [2.45, 2.75) is 26.4 Å². The van der Waals surface area contributed by atoms with Gasteiger partial charge in [0.25, 0.3) is 0 Å². The summed E-state index contributed by atoms with van der Waals surface area (Å²) >= 11 is 0. The molecule has 2 rings (SSSR count). The van der Waals surface area contributed by atoms with Crippen molar-refractivity contribution in [3.8, 4) is 0 Å². The highest BCUT2D eigenvalue weighted by Gasteiger charge is 2.05. The molecule has 2 aromatic rings. The van der Waals surface area contributed by atoms with Gasteiger partial charge in [0.2, 0.25) is 5.91 Å². The first-order valence-corrected chi connectivity index (χ1v) is 6.64. The summed E-state index contributed by atoms with van der Waals surface area (Å²) in [7, 11) is 0. The van der Waals surface area contributed by atoms with Crippen LogP contribution in [0, 0.1) is 6.92 Å². The average Bonchev–Trinajstić information content (AvgIpc) is 2.47. The third-order valence-corrected chi connectivity index (χ3v) is 3.19. The Hall–Kier alpha value is -2.20. The molecule has 104 valence electrons. The monoisotopic (exact) mass is 269 g/mol. The molecule has 0 fully saturated rings. The number of aromatic nitrogens is 1. The lowest BCUT2D eigenvalue weighted by molar-refractivity contribution is -0.120. The van der Waals surface area contributed by atoms with Gasteiger partial charge >= 0.3 is 0 Å². The number of rotatable bonds is 5. The van der Waals surface area contributed by atoms with Crippen molar-refractivity contribution < 1.29 is 4.79 Å². The Morgan fingerprint density at radius 1 is 1.20 bits per heavy atom. The van der Waals surface area contributed by atoms with Gasteiger partial charge in [0, 0.05) is 12.7 Å². The molecule has 0 aliphatic heterocycles. The first-order chi connectivity index (χ1) is 9.69. The number of hydrogen-bond acceptors (Lipinski definition) is 3. The standard InChI is InChI=1S/C16H19N3O/c1-12-3-2-8-18-15(12)11-19-16(20)9-13-4-6-14(10-17)7-5-13/h2-8H,9-11,17H2,1H3,(H,19,20). The molecule has 1 amide bonds. The molecule has 0 saturated carbocycles. The summed E-state index contributed by atoms with van der Waals surface area (Å²) in [6.45, 7) is 2.97. The lowest BCUT2D eigenvalue weighted by Gasteiger charge is -2.07. The molecule has 4 heteroatoms. The van der Waals surface area contributed by atoms with Gasteiger partial charge in [-0.2, -0.15) is 0 Å². The Balaban J connectivity index is 1.87. The highest BCUT2D eigenvalue weighted by atomic mass is 16.1. The number of nitrogens with two attached hydrogens (primary N) is 1. The number of benzene rings is 1. The minimum absolute atomic E-state index is 0.00412. The second-order valence-corrected chi connectivity index (χ2v) is 4.74. The number of nitrogens with one attached hydrogen (secondary N) is 1. The molecule has 0 spiro atoms. The Morgan fingerprint density at radius 2 is 1.90 bits per heavy atom. The van der Waals surface area contributed by atoms with Crippen LogP contribution in [-0.4, -0.2) is 10.9 Å². The summed E-state index contributed by atoms with van der Waals surface area (Å²) in [5, 5.41) is 2.89. The Bertz CT molecular complexity index is 579. The molecule has 0 saturated heterocycles. The first kappa shape index (κ1) is 14.2. The van der Waals surface area contributed by atoms with Crippen molar-refractivity contribution in [2.24, 2.45) is 5.73 Å². The molecule has 0 unspecified atom stereocenters. The molecule has 20 heavy (non-hydrogen) atoms. The summed E-state index contributed by atoms with van der Waals surface area (Å²) in [5.41, 5.74) is 9.58. The van der Waals surface area contributed by atoms with Crippen molar-refractivity contribution in [3.63, 3.8) is 0 Å². The Labute approximate surface area is 119 Å². The summed E-state index contributed by atoms with van der Waals surface area (Å²) < 4.78 is 0. The maximum absolute atomic E-state index is 11.9. The van der Waals surface area contributed by atoms with E-state index in [0.29, 0.717) is 19.5 Å². The van der Waals surface area contributed by atoms with Crippen LogP contribution < -0.4 is 11.1 Å². The maximum Gasteiger partial charge on any atom is 0.224 e. The molecule has 3 N–H and O–H groups in total. The van der Waals surface area contributed by atoms with E-state index >= 15 is 0 Å². The highest BCUT2D eigenvalue weighted by Crippen LogP contribution is 2.05. The van der Waals surface area contributed by atoms with Gasteiger partial charge in [0.15, 0.2) is 0 Å². The third-order valence-electron chi connectivity index (χ3n) is 3.19.